The maximum atomic E-state index is 12.0. The summed E-state index contributed by atoms with van der Waals surface area (Å²) in [6.45, 7) is 1.97. The van der Waals surface area contributed by atoms with Crippen molar-refractivity contribution in [3.8, 4) is 0 Å². The lowest BCUT2D eigenvalue weighted by molar-refractivity contribution is -0.131. The molecule has 0 fully saturated rings. The Morgan fingerprint density at radius 3 is 2.43 bits per heavy atom. The van der Waals surface area contributed by atoms with Crippen molar-refractivity contribution in [1.82, 2.24) is 4.98 Å². The zero-order valence-corrected chi connectivity index (χ0v) is 11.4. The van der Waals surface area contributed by atoms with Gasteiger partial charge >= 0.3 is 5.97 Å². The molecule has 5 heteroatoms. The fraction of sp³-hybridized carbons (Fsp3) is 0.0625. The minimum Gasteiger partial charge on any atom is -0.478 e. The highest BCUT2D eigenvalue weighted by atomic mass is 16.4. The summed E-state index contributed by atoms with van der Waals surface area (Å²) in [5.74, 6) is -1.34. The van der Waals surface area contributed by atoms with Gasteiger partial charge in [0, 0.05) is 18.0 Å². The number of carbonyl (C=O) groups is 2. The van der Waals surface area contributed by atoms with E-state index in [0.29, 0.717) is 11.3 Å². The fourth-order valence-corrected chi connectivity index (χ4v) is 1.64. The number of pyridine rings is 1. The molecule has 0 aliphatic heterocycles. The first-order chi connectivity index (χ1) is 10.0. The number of hydrogen-bond acceptors (Lipinski definition) is 3. The zero-order chi connectivity index (χ0) is 15.2. The molecule has 0 spiro atoms. The van der Waals surface area contributed by atoms with Gasteiger partial charge in [-0.25, -0.2) is 4.79 Å². The summed E-state index contributed by atoms with van der Waals surface area (Å²) in [5, 5.41) is 11.3. The second-order valence-electron chi connectivity index (χ2n) is 4.47. The molecule has 2 aromatic rings. The quantitative estimate of drug-likeness (QED) is 0.845. The topological polar surface area (TPSA) is 79.3 Å². The Bertz CT molecular complexity index is 674. The third kappa shape index (κ3) is 4.28. The average molecular weight is 282 g/mol. The molecular weight excluding hydrogens is 268 g/mol. The summed E-state index contributed by atoms with van der Waals surface area (Å²) in [5.41, 5.74) is 2.69. The van der Waals surface area contributed by atoms with Crippen LogP contribution in [0.3, 0.4) is 0 Å². The molecule has 0 unspecified atom stereocenters. The first-order valence-corrected chi connectivity index (χ1v) is 6.30. The van der Waals surface area contributed by atoms with Crippen LogP contribution >= 0.6 is 0 Å². The van der Waals surface area contributed by atoms with E-state index >= 15 is 0 Å². The van der Waals surface area contributed by atoms with Gasteiger partial charge in [0.2, 0.25) is 0 Å². The van der Waals surface area contributed by atoms with Crippen molar-refractivity contribution in [2.45, 2.75) is 6.92 Å². The van der Waals surface area contributed by atoms with Crippen LogP contribution in [0.2, 0.25) is 0 Å². The van der Waals surface area contributed by atoms with Crippen LogP contribution in [0, 0.1) is 6.92 Å². The van der Waals surface area contributed by atoms with Gasteiger partial charge in [0.1, 0.15) is 5.69 Å². The maximum Gasteiger partial charge on any atom is 0.328 e. The number of benzene rings is 1. The van der Waals surface area contributed by atoms with Crippen molar-refractivity contribution in [1.29, 1.82) is 0 Å². The molecule has 1 amide bonds. The summed E-state index contributed by atoms with van der Waals surface area (Å²) in [7, 11) is 0. The van der Waals surface area contributed by atoms with Crippen molar-refractivity contribution < 1.29 is 14.7 Å². The predicted molar refractivity (Wildman–Crippen MR) is 80.0 cm³/mol. The van der Waals surface area contributed by atoms with Gasteiger partial charge in [0.05, 0.1) is 0 Å². The van der Waals surface area contributed by atoms with E-state index in [1.165, 1.54) is 12.3 Å². The molecule has 1 aromatic heterocycles. The Labute approximate surface area is 122 Å². The highest BCUT2D eigenvalue weighted by molar-refractivity contribution is 6.02. The lowest BCUT2D eigenvalue weighted by Crippen LogP contribution is -2.13. The fourth-order valence-electron chi connectivity index (χ4n) is 1.64. The van der Waals surface area contributed by atoms with E-state index in [1.54, 1.807) is 12.1 Å². The monoisotopic (exact) mass is 282 g/mol. The predicted octanol–water partition coefficient (Wildman–Crippen LogP) is 2.74. The van der Waals surface area contributed by atoms with E-state index in [1.807, 2.05) is 31.2 Å². The van der Waals surface area contributed by atoms with Gasteiger partial charge in [-0.2, -0.15) is 0 Å². The highest BCUT2D eigenvalue weighted by Gasteiger charge is 2.07. The number of anilines is 1. The molecule has 2 rings (SSSR count). The van der Waals surface area contributed by atoms with Crippen molar-refractivity contribution in [2.24, 2.45) is 0 Å². The molecule has 2 N–H and O–H groups in total. The summed E-state index contributed by atoms with van der Waals surface area (Å²) >= 11 is 0. The van der Waals surface area contributed by atoms with E-state index in [2.05, 4.69) is 10.3 Å². The Balaban J connectivity index is 2.06. The Kier molecular flexibility index (Phi) is 4.46. The zero-order valence-electron chi connectivity index (χ0n) is 11.4. The molecule has 106 valence electrons. The maximum absolute atomic E-state index is 12.0. The third-order valence-electron chi connectivity index (χ3n) is 2.75. The van der Waals surface area contributed by atoms with Crippen LogP contribution in [-0.4, -0.2) is 22.0 Å². The van der Waals surface area contributed by atoms with Gasteiger partial charge in [-0.1, -0.05) is 23.8 Å². The van der Waals surface area contributed by atoms with Crippen LogP contribution in [0.4, 0.5) is 5.69 Å². The Hall–Kier alpha value is -2.95. The number of aliphatic carboxylic acids is 1. The average Bonchev–Trinajstić information content (AvgIpc) is 2.48. The van der Waals surface area contributed by atoms with Crippen LogP contribution < -0.4 is 5.32 Å². The van der Waals surface area contributed by atoms with Gasteiger partial charge in [-0.15, -0.1) is 0 Å². The Morgan fingerprint density at radius 1 is 1.14 bits per heavy atom. The summed E-state index contributed by atoms with van der Waals surface area (Å²) < 4.78 is 0. The van der Waals surface area contributed by atoms with Gasteiger partial charge in [0.15, 0.2) is 0 Å². The number of nitrogens with zero attached hydrogens (tertiary/aromatic N) is 1. The molecule has 0 saturated carbocycles. The standard InChI is InChI=1S/C16H14N2O3/c1-11-2-6-13(7-3-11)18-16(21)14-8-4-12(10-17-14)5-9-15(19)20/h2-10H,1H3,(H,18,21)(H,19,20). The molecule has 0 radical (unpaired) electrons. The molecule has 0 atom stereocenters. The molecule has 0 aliphatic rings. The van der Waals surface area contributed by atoms with Gasteiger partial charge in [-0.05, 0) is 36.8 Å². The molecule has 1 aromatic carbocycles. The number of nitrogens with one attached hydrogen (secondary N) is 1. The molecule has 0 saturated heterocycles. The molecule has 1 heterocycles. The molecule has 0 bridgehead atoms. The van der Waals surface area contributed by atoms with E-state index < -0.39 is 5.97 Å². The van der Waals surface area contributed by atoms with Crippen LogP contribution in [0.5, 0.6) is 0 Å². The molecule has 0 aliphatic carbocycles. The first kappa shape index (κ1) is 14.5. The molecule has 5 nitrogen and oxygen atoms in total. The third-order valence-corrected chi connectivity index (χ3v) is 2.75. The van der Waals surface area contributed by atoms with E-state index in [0.717, 1.165) is 11.6 Å². The van der Waals surface area contributed by atoms with Gasteiger partial charge in [-0.3, -0.25) is 9.78 Å². The second kappa shape index (κ2) is 6.47. The van der Waals surface area contributed by atoms with Crippen molar-refractivity contribution in [3.05, 3.63) is 65.5 Å². The number of aryl methyl sites for hydroxylation is 1. The Morgan fingerprint density at radius 2 is 1.86 bits per heavy atom. The lowest BCUT2D eigenvalue weighted by atomic mass is 10.2. The van der Waals surface area contributed by atoms with Crippen LogP contribution in [0.25, 0.3) is 6.08 Å². The number of amides is 1. The first-order valence-electron chi connectivity index (χ1n) is 6.30. The number of aromatic nitrogens is 1. The number of rotatable bonds is 4. The lowest BCUT2D eigenvalue weighted by Gasteiger charge is -2.05. The van der Waals surface area contributed by atoms with Gasteiger partial charge < -0.3 is 10.4 Å². The summed E-state index contributed by atoms with van der Waals surface area (Å²) in [6.07, 6.45) is 3.88. The van der Waals surface area contributed by atoms with E-state index in [4.69, 9.17) is 5.11 Å². The van der Waals surface area contributed by atoms with Crippen molar-refractivity contribution in [2.75, 3.05) is 5.32 Å². The van der Waals surface area contributed by atoms with Crippen molar-refractivity contribution >= 4 is 23.6 Å². The molecular formula is C16H14N2O3. The highest BCUT2D eigenvalue weighted by Crippen LogP contribution is 2.10. The van der Waals surface area contributed by atoms with Crippen LogP contribution in [0.1, 0.15) is 21.6 Å². The van der Waals surface area contributed by atoms with Crippen molar-refractivity contribution in [3.63, 3.8) is 0 Å². The normalized spacial score (nSPS) is 10.5. The van der Waals surface area contributed by atoms with E-state index in [-0.39, 0.29) is 11.6 Å². The summed E-state index contributed by atoms with van der Waals surface area (Å²) in [4.78, 5) is 26.4. The van der Waals surface area contributed by atoms with Crippen LogP contribution in [0.15, 0.2) is 48.7 Å². The summed E-state index contributed by atoms with van der Waals surface area (Å²) in [6, 6.07) is 10.6. The SMILES string of the molecule is Cc1ccc(NC(=O)c2ccc(C=CC(=O)O)cn2)cc1. The number of hydrogen-bond donors (Lipinski definition) is 2. The largest absolute Gasteiger partial charge is 0.478 e. The number of carboxylic acids is 1. The molecule has 21 heavy (non-hydrogen) atoms. The van der Waals surface area contributed by atoms with Crippen LogP contribution in [-0.2, 0) is 4.79 Å². The number of carboxylic acid groups (broad SMARTS) is 1. The minimum absolute atomic E-state index is 0.267. The van der Waals surface area contributed by atoms with E-state index in [9.17, 15) is 9.59 Å². The smallest absolute Gasteiger partial charge is 0.328 e. The number of carbonyl (C=O) groups excluding carboxylic acids is 1. The second-order valence-corrected chi connectivity index (χ2v) is 4.47. The minimum atomic E-state index is -1.03. The van der Waals surface area contributed by atoms with Gasteiger partial charge in [0.25, 0.3) is 5.91 Å².